The lowest BCUT2D eigenvalue weighted by Crippen LogP contribution is -2.14. The van der Waals surface area contributed by atoms with Crippen LogP contribution in [0.2, 0.25) is 0 Å². The van der Waals surface area contributed by atoms with E-state index in [0.717, 1.165) is 33.8 Å². The molecule has 2 aromatic heterocycles. The van der Waals surface area contributed by atoms with E-state index in [-0.39, 0.29) is 17.6 Å². The summed E-state index contributed by atoms with van der Waals surface area (Å²) < 4.78 is 7.48. The maximum atomic E-state index is 12.3. The van der Waals surface area contributed by atoms with E-state index < -0.39 is 0 Å². The Kier molecular flexibility index (Phi) is 7.21. The van der Waals surface area contributed by atoms with Crippen LogP contribution in [0.15, 0.2) is 29.4 Å². The summed E-state index contributed by atoms with van der Waals surface area (Å²) in [4.78, 5) is 12.3. The topological polar surface area (TPSA) is 94.8 Å². The van der Waals surface area contributed by atoms with E-state index in [4.69, 9.17) is 4.74 Å². The van der Waals surface area contributed by atoms with Crippen molar-refractivity contribution in [3.05, 3.63) is 30.1 Å². The van der Waals surface area contributed by atoms with Crippen molar-refractivity contribution in [2.45, 2.75) is 45.3 Å². The van der Waals surface area contributed by atoms with E-state index in [1.165, 1.54) is 23.1 Å². The molecule has 0 aliphatic carbocycles. The van der Waals surface area contributed by atoms with Gasteiger partial charge in [0.1, 0.15) is 16.6 Å². The highest BCUT2D eigenvalue weighted by atomic mass is 32.2. The maximum Gasteiger partial charge on any atom is 0.236 e. The number of carbonyl (C=O) groups excluding carboxylic acids is 1. The molecule has 1 aromatic carbocycles. The number of hydrogen-bond acceptors (Lipinski definition) is 8. The Hall–Kier alpha value is -2.46. The summed E-state index contributed by atoms with van der Waals surface area (Å²) in [6.45, 7) is 9.54. The molecule has 0 unspecified atom stereocenters. The van der Waals surface area contributed by atoms with Crippen molar-refractivity contribution in [2.75, 3.05) is 17.7 Å². The zero-order chi connectivity index (χ0) is 20.8. The third-order valence-corrected chi connectivity index (χ3v) is 5.85. The number of rotatable bonds is 9. The highest BCUT2D eigenvalue weighted by molar-refractivity contribution is 7.99. The van der Waals surface area contributed by atoms with E-state index in [9.17, 15) is 4.79 Å². The fourth-order valence-corrected chi connectivity index (χ4v) is 4.24. The molecule has 0 saturated heterocycles. The zero-order valence-corrected chi connectivity index (χ0v) is 18.5. The number of carbonyl (C=O) groups is 1. The van der Waals surface area contributed by atoms with Gasteiger partial charge >= 0.3 is 0 Å². The molecule has 0 saturated carbocycles. The number of nitrogens with one attached hydrogen (secondary N) is 1. The van der Waals surface area contributed by atoms with Crippen LogP contribution in [0.25, 0.3) is 10.6 Å². The van der Waals surface area contributed by atoms with Crippen molar-refractivity contribution >= 4 is 34.1 Å². The van der Waals surface area contributed by atoms with Gasteiger partial charge in [-0.05, 0) is 38.1 Å². The van der Waals surface area contributed by atoms with E-state index in [0.29, 0.717) is 11.7 Å². The smallest absolute Gasteiger partial charge is 0.236 e. The molecule has 0 radical (unpaired) electrons. The minimum atomic E-state index is -0.152. The van der Waals surface area contributed by atoms with Crippen LogP contribution >= 0.6 is 23.1 Å². The third-order valence-electron chi connectivity index (χ3n) is 3.99. The van der Waals surface area contributed by atoms with Gasteiger partial charge in [0.05, 0.1) is 12.4 Å². The van der Waals surface area contributed by atoms with Crippen molar-refractivity contribution in [3.8, 4) is 16.3 Å². The number of benzene rings is 1. The highest BCUT2D eigenvalue weighted by Crippen LogP contribution is 2.28. The predicted octanol–water partition coefficient (Wildman–Crippen LogP) is 4.07. The summed E-state index contributed by atoms with van der Waals surface area (Å²) in [6, 6.07) is 7.64. The lowest BCUT2D eigenvalue weighted by Gasteiger charge is -2.08. The normalized spacial score (nSPS) is 11.1. The van der Waals surface area contributed by atoms with E-state index in [1.807, 2.05) is 42.7 Å². The fourth-order valence-electron chi connectivity index (χ4n) is 2.67. The standard InChI is InChI=1S/C19H24N6O2S2/c1-5-25-16(12(3)4)21-24-19(25)28-11-15(26)20-18-23-22-17(29-18)13-7-9-14(10-8-13)27-6-2/h7-10,12H,5-6,11H2,1-4H3,(H,20,23,26). The Balaban J connectivity index is 1.58. The van der Waals surface area contributed by atoms with Crippen LogP contribution in [0.3, 0.4) is 0 Å². The molecule has 1 amide bonds. The molecule has 0 aliphatic rings. The molecule has 3 aromatic rings. The Morgan fingerprint density at radius 1 is 1.17 bits per heavy atom. The summed E-state index contributed by atoms with van der Waals surface area (Å²) in [5.74, 6) is 2.11. The summed E-state index contributed by atoms with van der Waals surface area (Å²) in [7, 11) is 0. The molecule has 3 rings (SSSR count). The fraction of sp³-hybridized carbons (Fsp3) is 0.421. The number of hydrogen-bond donors (Lipinski definition) is 1. The average Bonchev–Trinajstić information content (AvgIpc) is 3.34. The second kappa shape index (κ2) is 9.84. The van der Waals surface area contributed by atoms with Crippen molar-refractivity contribution < 1.29 is 9.53 Å². The number of nitrogens with zero attached hydrogens (tertiary/aromatic N) is 5. The van der Waals surface area contributed by atoms with Gasteiger partial charge in [0.15, 0.2) is 5.16 Å². The maximum absolute atomic E-state index is 12.3. The van der Waals surface area contributed by atoms with Crippen molar-refractivity contribution in [2.24, 2.45) is 0 Å². The molecule has 8 nitrogen and oxygen atoms in total. The second-order valence-corrected chi connectivity index (χ2v) is 8.37. The Labute approximate surface area is 178 Å². The number of aromatic nitrogens is 5. The zero-order valence-electron chi connectivity index (χ0n) is 16.9. The second-order valence-electron chi connectivity index (χ2n) is 6.45. The third kappa shape index (κ3) is 5.33. The Bertz CT molecular complexity index is 952. The van der Waals surface area contributed by atoms with Gasteiger partial charge in [0.25, 0.3) is 0 Å². The first-order chi connectivity index (χ1) is 14.0. The van der Waals surface area contributed by atoms with Crippen molar-refractivity contribution in [1.29, 1.82) is 0 Å². The largest absolute Gasteiger partial charge is 0.494 e. The Morgan fingerprint density at radius 2 is 1.93 bits per heavy atom. The van der Waals surface area contributed by atoms with Crippen molar-refractivity contribution in [3.63, 3.8) is 0 Å². The van der Waals surface area contributed by atoms with Crippen LogP contribution < -0.4 is 10.1 Å². The van der Waals surface area contributed by atoms with Gasteiger partial charge < -0.3 is 9.30 Å². The number of amides is 1. The van der Waals surface area contributed by atoms with Gasteiger partial charge in [0, 0.05) is 18.0 Å². The molecule has 0 aliphatic heterocycles. The SMILES string of the molecule is CCOc1ccc(-c2nnc(NC(=O)CSc3nnc(C(C)C)n3CC)s2)cc1. The molecule has 0 bridgehead atoms. The van der Waals surface area contributed by atoms with Gasteiger partial charge in [-0.1, -0.05) is 36.9 Å². The van der Waals surface area contributed by atoms with Crippen LogP contribution in [0.5, 0.6) is 5.75 Å². The van der Waals surface area contributed by atoms with Gasteiger partial charge in [0.2, 0.25) is 11.0 Å². The molecule has 10 heteroatoms. The first kappa shape index (κ1) is 21.3. The minimum absolute atomic E-state index is 0.152. The summed E-state index contributed by atoms with van der Waals surface area (Å²) in [5, 5.41) is 21.4. The van der Waals surface area contributed by atoms with Crippen molar-refractivity contribution in [1.82, 2.24) is 25.0 Å². The predicted molar refractivity (Wildman–Crippen MR) is 116 cm³/mol. The highest BCUT2D eigenvalue weighted by Gasteiger charge is 2.16. The molecule has 1 N–H and O–H groups in total. The quantitative estimate of drug-likeness (QED) is 0.509. The van der Waals surface area contributed by atoms with E-state index >= 15 is 0 Å². The lowest BCUT2D eigenvalue weighted by atomic mass is 10.2. The molecular weight excluding hydrogens is 408 g/mol. The van der Waals surface area contributed by atoms with Crippen LogP contribution in [0, 0.1) is 0 Å². The first-order valence-corrected chi connectivity index (χ1v) is 11.2. The monoisotopic (exact) mass is 432 g/mol. The van der Waals surface area contributed by atoms with Crippen LogP contribution in [0.1, 0.15) is 39.4 Å². The number of thioether (sulfide) groups is 1. The summed E-state index contributed by atoms with van der Waals surface area (Å²) in [6.07, 6.45) is 0. The van der Waals surface area contributed by atoms with Crippen LogP contribution in [-0.2, 0) is 11.3 Å². The van der Waals surface area contributed by atoms with Gasteiger partial charge in [-0.25, -0.2) is 0 Å². The van der Waals surface area contributed by atoms with Crippen LogP contribution in [0.4, 0.5) is 5.13 Å². The van der Waals surface area contributed by atoms with Gasteiger partial charge in [-0.15, -0.1) is 20.4 Å². The summed E-state index contributed by atoms with van der Waals surface area (Å²) >= 11 is 2.70. The molecule has 154 valence electrons. The van der Waals surface area contributed by atoms with Gasteiger partial charge in [-0.3, -0.25) is 10.1 Å². The Morgan fingerprint density at radius 3 is 2.59 bits per heavy atom. The molecule has 0 fully saturated rings. The lowest BCUT2D eigenvalue weighted by molar-refractivity contribution is -0.113. The molecule has 0 spiro atoms. The minimum Gasteiger partial charge on any atom is -0.494 e. The first-order valence-electron chi connectivity index (χ1n) is 9.44. The molecule has 2 heterocycles. The average molecular weight is 433 g/mol. The van der Waals surface area contributed by atoms with Crippen LogP contribution in [-0.4, -0.2) is 43.2 Å². The molecule has 29 heavy (non-hydrogen) atoms. The number of anilines is 1. The molecular formula is C19H24N6O2S2. The number of ether oxygens (including phenoxy) is 1. The summed E-state index contributed by atoms with van der Waals surface area (Å²) in [5.41, 5.74) is 0.929. The van der Waals surface area contributed by atoms with E-state index in [1.54, 1.807) is 0 Å². The van der Waals surface area contributed by atoms with E-state index in [2.05, 4.69) is 39.6 Å². The van der Waals surface area contributed by atoms with Gasteiger partial charge in [-0.2, -0.15) is 0 Å². The molecule has 0 atom stereocenters.